The van der Waals surface area contributed by atoms with Gasteiger partial charge in [-0.15, -0.1) is 70.8 Å². The molecule has 0 unspecified atom stereocenters. The molecule has 4 aromatic carbocycles. The first kappa shape index (κ1) is 33.9. The summed E-state index contributed by atoms with van der Waals surface area (Å²) in [6, 6.07) is 42.7. The molecule has 7 nitrogen and oxygen atoms in total. The Balaban J connectivity index is 0.00000208. The van der Waals surface area contributed by atoms with E-state index in [4.69, 9.17) is 9.47 Å². The van der Waals surface area contributed by atoms with Crippen LogP contribution in [0.2, 0.25) is 0 Å². The molecule has 0 saturated heterocycles. The molecule has 0 radical (unpaired) electrons. The first-order valence-electron chi connectivity index (χ1n) is 15.1. The summed E-state index contributed by atoms with van der Waals surface area (Å²) in [6.45, 7) is 4.07. The Morgan fingerprint density at radius 3 is 1.37 bits per heavy atom. The van der Waals surface area contributed by atoms with Gasteiger partial charge in [-0.25, -0.2) is 9.97 Å². The zero-order chi connectivity index (χ0) is 31.7. The monoisotopic (exact) mass is 908 g/mol. The molecule has 8 aromatic rings. The molecule has 0 atom stereocenters. The maximum atomic E-state index is 6.31. The molecule has 0 N–H and O–H groups in total. The molecule has 242 valence electrons. The summed E-state index contributed by atoms with van der Waals surface area (Å²) in [5.41, 5.74) is 7.04. The molecule has 8 rings (SSSR count). The maximum Gasteiger partial charge on any atom is 2.00 e. The van der Waals surface area contributed by atoms with Crippen molar-refractivity contribution >= 4 is 21.8 Å². The van der Waals surface area contributed by atoms with Crippen molar-refractivity contribution in [1.29, 1.82) is 0 Å². The Labute approximate surface area is 312 Å². The Bertz CT molecular complexity index is 2240. The van der Waals surface area contributed by atoms with Crippen LogP contribution in [0.25, 0.3) is 50.3 Å². The van der Waals surface area contributed by atoms with Gasteiger partial charge in [0.15, 0.2) is 0 Å². The van der Waals surface area contributed by atoms with Crippen LogP contribution in [-0.2, 0) is 41.5 Å². The largest absolute Gasteiger partial charge is 2.00 e. The average molecular weight is 909 g/mol. The normalized spacial score (nSPS) is 10.7. The van der Waals surface area contributed by atoms with Gasteiger partial charge >= 0.3 is 41.5 Å². The smallest absolute Gasteiger partial charge is 0.503 e. The van der Waals surface area contributed by atoms with E-state index in [9.17, 15) is 0 Å². The van der Waals surface area contributed by atoms with Gasteiger partial charge in [0.05, 0.1) is 0 Å². The second-order valence-electron chi connectivity index (χ2n) is 10.9. The molecule has 0 amide bonds. The summed E-state index contributed by atoms with van der Waals surface area (Å²) >= 11 is 0. The van der Waals surface area contributed by atoms with E-state index in [0.29, 0.717) is 28.9 Å². The van der Waals surface area contributed by atoms with Crippen molar-refractivity contribution < 1.29 is 51.0 Å². The number of aromatic nitrogens is 5. The third-order valence-corrected chi connectivity index (χ3v) is 7.82. The van der Waals surface area contributed by atoms with Gasteiger partial charge in [0, 0.05) is 47.8 Å². The van der Waals surface area contributed by atoms with Crippen molar-refractivity contribution in [1.82, 2.24) is 24.5 Å². The number of rotatable bonds is 7. The molecule has 0 aliphatic rings. The Kier molecular flexibility index (Phi) is 10.1. The topological polar surface area (TPSA) is 75.0 Å². The van der Waals surface area contributed by atoms with Crippen molar-refractivity contribution in [3.63, 3.8) is 0 Å². The van der Waals surface area contributed by atoms with Crippen molar-refractivity contribution in [3.05, 3.63) is 151 Å². The van der Waals surface area contributed by atoms with E-state index >= 15 is 0 Å². The van der Waals surface area contributed by atoms with Crippen LogP contribution in [-0.4, -0.2) is 24.5 Å². The number of benzene rings is 4. The SMILES string of the molecule is Cc1ccc(Oc2[c-]c3c(cc2)c2ccc(Oc4[c-]c(-c5ccccn5)c(C)cc4)[c-]c2n3-c2ncccn2)[c-]c1-c1ccccn1.[Pd+2].[Pt+2]. The predicted molar refractivity (Wildman–Crippen MR) is 181 cm³/mol. The van der Waals surface area contributed by atoms with Gasteiger partial charge in [0.25, 0.3) is 0 Å². The number of aryl methyl sites for hydroxylation is 2. The van der Waals surface area contributed by atoms with Crippen LogP contribution in [0.4, 0.5) is 0 Å². The quantitative estimate of drug-likeness (QED) is 0.117. The molecule has 0 aliphatic carbocycles. The van der Waals surface area contributed by atoms with Gasteiger partial charge in [-0.3, -0.25) is 0 Å². The minimum absolute atomic E-state index is 0. The number of hydrogen-bond donors (Lipinski definition) is 0. The minimum Gasteiger partial charge on any atom is -0.503 e. The Morgan fingerprint density at radius 1 is 0.490 bits per heavy atom. The molecular formula is C40H25N5O2PdPt. The zero-order valence-electron chi connectivity index (χ0n) is 26.2. The van der Waals surface area contributed by atoms with Crippen molar-refractivity contribution in [2.45, 2.75) is 13.8 Å². The fourth-order valence-electron chi connectivity index (χ4n) is 5.56. The number of hydrogen-bond acceptors (Lipinski definition) is 6. The van der Waals surface area contributed by atoms with Crippen LogP contribution in [0.15, 0.2) is 116 Å². The number of ether oxygens (including phenoxy) is 2. The standard InChI is InChI=1S/C40H25N5O2.Pd.Pt/c1-26-10-12-28(22-34(26)36-8-3-5-18-41-36)46-30-14-16-32-33-17-15-31(25-39(33)45(38(32)24-30)40-43-20-7-21-44-40)47-29-13-11-27(2)35(23-29)37-9-4-6-19-42-37;;/h3-21H,1-2H3;;/q-4;2*+2. The van der Waals surface area contributed by atoms with Crippen LogP contribution in [0.1, 0.15) is 11.1 Å². The number of fused-ring (bicyclic) bond motifs is 3. The van der Waals surface area contributed by atoms with E-state index in [1.807, 2.05) is 103 Å². The summed E-state index contributed by atoms with van der Waals surface area (Å²) in [4.78, 5) is 18.1. The third kappa shape index (κ3) is 6.82. The predicted octanol–water partition coefficient (Wildman–Crippen LogP) is 9.09. The van der Waals surface area contributed by atoms with Crippen LogP contribution >= 0.6 is 0 Å². The van der Waals surface area contributed by atoms with Crippen molar-refractivity contribution in [3.8, 4) is 51.5 Å². The van der Waals surface area contributed by atoms with E-state index in [0.717, 1.165) is 55.4 Å². The van der Waals surface area contributed by atoms with Crippen LogP contribution in [0, 0.1) is 38.1 Å². The molecule has 0 fully saturated rings. The summed E-state index contributed by atoms with van der Waals surface area (Å²) in [5, 5.41) is 1.90. The molecule has 0 spiro atoms. The first-order valence-corrected chi connectivity index (χ1v) is 15.1. The molecule has 49 heavy (non-hydrogen) atoms. The zero-order valence-corrected chi connectivity index (χ0v) is 30.0. The van der Waals surface area contributed by atoms with Gasteiger partial charge < -0.3 is 24.0 Å². The average Bonchev–Trinajstić information content (AvgIpc) is 3.44. The van der Waals surface area contributed by atoms with Crippen LogP contribution < -0.4 is 9.47 Å². The van der Waals surface area contributed by atoms with E-state index in [1.165, 1.54) is 0 Å². The fourth-order valence-corrected chi connectivity index (χ4v) is 5.56. The summed E-state index contributed by atoms with van der Waals surface area (Å²) in [7, 11) is 0. The molecular weight excluding hydrogens is 884 g/mol. The van der Waals surface area contributed by atoms with Gasteiger partial charge in [0.1, 0.15) is 0 Å². The Morgan fingerprint density at radius 2 is 0.918 bits per heavy atom. The summed E-state index contributed by atoms with van der Waals surface area (Å²) in [6.07, 6.45) is 6.96. The van der Waals surface area contributed by atoms with Gasteiger partial charge in [-0.2, -0.15) is 22.9 Å². The molecule has 9 heteroatoms. The van der Waals surface area contributed by atoms with Gasteiger partial charge in [0.2, 0.25) is 5.95 Å². The number of pyridine rings is 2. The van der Waals surface area contributed by atoms with E-state index in [2.05, 4.69) is 44.2 Å². The summed E-state index contributed by atoms with van der Waals surface area (Å²) in [5.74, 6) is 2.65. The second-order valence-corrected chi connectivity index (χ2v) is 10.9. The molecule has 0 bridgehead atoms. The van der Waals surface area contributed by atoms with Gasteiger partial charge in [-0.05, 0) is 29.6 Å². The molecule has 0 aliphatic heterocycles. The third-order valence-electron chi connectivity index (χ3n) is 7.82. The fraction of sp³-hybridized carbons (Fsp3) is 0.0500. The molecule has 4 heterocycles. The van der Waals surface area contributed by atoms with Crippen LogP contribution in [0.3, 0.4) is 0 Å². The maximum absolute atomic E-state index is 6.31. The van der Waals surface area contributed by atoms with Crippen molar-refractivity contribution in [2.24, 2.45) is 0 Å². The Hall–Kier alpha value is -4.99. The second kappa shape index (κ2) is 14.6. The molecule has 0 saturated carbocycles. The van der Waals surface area contributed by atoms with E-state index in [1.54, 1.807) is 30.9 Å². The minimum atomic E-state index is 0. The van der Waals surface area contributed by atoms with Gasteiger partial charge in [-0.1, -0.05) is 61.3 Å². The van der Waals surface area contributed by atoms with E-state index < -0.39 is 0 Å². The number of nitrogens with zero attached hydrogens (tertiary/aromatic N) is 5. The summed E-state index contributed by atoms with van der Waals surface area (Å²) < 4.78 is 14.5. The first-order chi connectivity index (χ1) is 23.1. The van der Waals surface area contributed by atoms with E-state index in [-0.39, 0.29) is 41.5 Å². The van der Waals surface area contributed by atoms with Crippen molar-refractivity contribution in [2.75, 3.05) is 0 Å². The van der Waals surface area contributed by atoms with Crippen LogP contribution in [0.5, 0.6) is 23.0 Å². The molecule has 4 aromatic heterocycles.